The molecule has 1 rings (SSSR count). The van der Waals surface area contributed by atoms with Gasteiger partial charge in [-0.15, -0.1) is 0 Å². The van der Waals surface area contributed by atoms with Crippen molar-refractivity contribution in [2.75, 3.05) is 29.3 Å². The summed E-state index contributed by atoms with van der Waals surface area (Å²) in [6, 6.07) is 3.76. The summed E-state index contributed by atoms with van der Waals surface area (Å²) in [5, 5.41) is 19.5. The van der Waals surface area contributed by atoms with Gasteiger partial charge in [-0.1, -0.05) is 58.7 Å². The average Bonchev–Trinajstić information content (AvgIpc) is 2.72. The molecule has 11 heteroatoms. The molecule has 164 valence electrons. The molecule has 9 nitrogen and oxygen atoms in total. The number of allylic oxidation sites excluding steroid dienone is 2. The first-order valence-corrected chi connectivity index (χ1v) is 11.8. The van der Waals surface area contributed by atoms with E-state index in [-0.39, 0.29) is 24.7 Å². The van der Waals surface area contributed by atoms with E-state index in [0.29, 0.717) is 17.2 Å². The van der Waals surface area contributed by atoms with Crippen molar-refractivity contribution in [1.29, 1.82) is 10.5 Å². The number of nitrogens with one attached hydrogen (secondary N) is 1. The highest BCUT2D eigenvalue weighted by Gasteiger charge is 1.99. The SMILES string of the molecule is C.C/C=C(\C#N)C(C)=O.CI.CI.CN=C(N)N.CNc1ncc(C#N)c(C)n1. The van der Waals surface area contributed by atoms with Gasteiger partial charge in [-0.05, 0) is 30.6 Å². The number of aryl methyl sites for hydroxylation is 1. The van der Waals surface area contributed by atoms with Gasteiger partial charge in [0.1, 0.15) is 12.1 Å². The molecule has 1 aromatic rings. The van der Waals surface area contributed by atoms with E-state index < -0.39 is 0 Å². The van der Waals surface area contributed by atoms with Gasteiger partial charge in [-0.25, -0.2) is 9.97 Å². The minimum Gasteiger partial charge on any atom is -0.370 e. The van der Waals surface area contributed by atoms with Crippen LogP contribution in [0.4, 0.5) is 5.95 Å². The molecule has 0 aliphatic heterocycles. The Morgan fingerprint density at radius 3 is 1.90 bits per heavy atom. The molecular weight excluding hydrogens is 598 g/mol. The summed E-state index contributed by atoms with van der Waals surface area (Å²) in [5.41, 5.74) is 11.1. The first kappa shape index (κ1) is 37.7. The second-order valence-corrected chi connectivity index (χ2v) is 4.07. The van der Waals surface area contributed by atoms with E-state index >= 15 is 0 Å². The molecular formula is C18H32I2N8O. The minimum atomic E-state index is -0.171. The van der Waals surface area contributed by atoms with Crippen LogP contribution in [-0.2, 0) is 4.79 Å². The number of carbonyl (C=O) groups excluding carboxylic acids is 1. The molecule has 1 aromatic heterocycles. The number of rotatable bonds is 2. The lowest BCUT2D eigenvalue weighted by atomic mass is 10.2. The molecule has 0 unspecified atom stereocenters. The Labute approximate surface area is 202 Å². The van der Waals surface area contributed by atoms with Crippen LogP contribution in [0, 0.1) is 29.6 Å². The highest BCUT2D eigenvalue weighted by molar-refractivity contribution is 14.1. The molecule has 0 saturated carbocycles. The molecule has 0 aromatic carbocycles. The van der Waals surface area contributed by atoms with Gasteiger partial charge in [0.05, 0.1) is 23.0 Å². The van der Waals surface area contributed by atoms with Gasteiger partial charge in [-0.2, -0.15) is 10.5 Å². The maximum absolute atomic E-state index is 10.3. The number of carbonyl (C=O) groups is 1. The number of hydrogen-bond donors (Lipinski definition) is 3. The van der Waals surface area contributed by atoms with E-state index in [1.54, 1.807) is 27.0 Å². The Hall–Kier alpha value is -2.00. The molecule has 1 heterocycles. The fourth-order valence-corrected chi connectivity index (χ4v) is 1.04. The second-order valence-electron chi connectivity index (χ2n) is 4.07. The van der Waals surface area contributed by atoms with Crippen molar-refractivity contribution in [2.24, 2.45) is 16.5 Å². The monoisotopic (exact) mass is 630 g/mol. The number of alkyl halides is 2. The average molecular weight is 630 g/mol. The third-order valence-corrected chi connectivity index (χ3v) is 2.37. The largest absolute Gasteiger partial charge is 0.370 e. The zero-order chi connectivity index (χ0) is 23.1. The fourth-order valence-electron chi connectivity index (χ4n) is 1.04. The summed E-state index contributed by atoms with van der Waals surface area (Å²) in [6.07, 6.45) is 3.01. The van der Waals surface area contributed by atoms with Gasteiger partial charge in [0.2, 0.25) is 5.95 Å². The first-order valence-electron chi connectivity index (χ1n) is 7.49. The van der Waals surface area contributed by atoms with Crippen LogP contribution in [0.3, 0.4) is 0 Å². The summed E-state index contributed by atoms with van der Waals surface area (Å²) in [5.74, 6) is 0.501. The van der Waals surface area contributed by atoms with Gasteiger partial charge in [-0.3, -0.25) is 9.79 Å². The number of aromatic nitrogens is 2. The molecule has 0 spiro atoms. The number of nitriles is 2. The van der Waals surface area contributed by atoms with E-state index in [2.05, 4.69) is 65.5 Å². The number of hydrogen-bond acceptors (Lipinski definition) is 7. The number of nitrogens with zero attached hydrogens (tertiary/aromatic N) is 5. The van der Waals surface area contributed by atoms with Crippen LogP contribution in [0.1, 0.15) is 32.5 Å². The molecule has 0 aliphatic rings. The van der Waals surface area contributed by atoms with Crippen LogP contribution in [0.5, 0.6) is 0 Å². The predicted molar refractivity (Wildman–Crippen MR) is 139 cm³/mol. The van der Waals surface area contributed by atoms with Crippen molar-refractivity contribution in [3.05, 3.63) is 29.1 Å². The first-order chi connectivity index (χ1) is 13.3. The lowest BCUT2D eigenvalue weighted by Crippen LogP contribution is -2.21. The number of anilines is 1. The number of aliphatic imine (C=N–C) groups is 1. The molecule has 5 N–H and O–H groups in total. The van der Waals surface area contributed by atoms with Crippen LogP contribution in [0.25, 0.3) is 0 Å². The maximum Gasteiger partial charge on any atom is 0.222 e. The van der Waals surface area contributed by atoms with Gasteiger partial charge >= 0.3 is 0 Å². The van der Waals surface area contributed by atoms with Crippen LogP contribution >= 0.6 is 45.2 Å². The van der Waals surface area contributed by atoms with Crippen LogP contribution in [-0.4, -0.2) is 45.7 Å². The fraction of sp³-hybridized carbons (Fsp3) is 0.444. The zero-order valence-corrected chi connectivity index (χ0v) is 21.5. The summed E-state index contributed by atoms with van der Waals surface area (Å²) in [6.45, 7) is 4.82. The molecule has 0 fully saturated rings. The molecule has 0 atom stereocenters. The molecule has 29 heavy (non-hydrogen) atoms. The summed E-state index contributed by atoms with van der Waals surface area (Å²) >= 11 is 4.30. The quantitative estimate of drug-likeness (QED) is 0.112. The van der Waals surface area contributed by atoms with Crippen molar-refractivity contribution in [1.82, 2.24) is 9.97 Å². The second kappa shape index (κ2) is 28.2. The van der Waals surface area contributed by atoms with E-state index in [9.17, 15) is 4.79 Å². The summed E-state index contributed by atoms with van der Waals surface area (Å²) < 4.78 is 0. The number of halogens is 2. The summed E-state index contributed by atoms with van der Waals surface area (Å²) in [4.78, 5) is 25.5. The summed E-state index contributed by atoms with van der Waals surface area (Å²) in [7, 11) is 3.27. The number of Topliss-reactive ketones (excluding diaryl/α,β-unsaturated/α-hetero) is 1. The van der Waals surface area contributed by atoms with Gasteiger partial charge in [0.25, 0.3) is 0 Å². The van der Waals surface area contributed by atoms with Crippen LogP contribution in [0.15, 0.2) is 22.8 Å². The van der Waals surface area contributed by atoms with E-state index in [4.69, 9.17) is 22.0 Å². The zero-order valence-electron chi connectivity index (χ0n) is 17.2. The molecule has 0 aliphatic carbocycles. The van der Waals surface area contributed by atoms with Crippen molar-refractivity contribution in [3.63, 3.8) is 0 Å². The Bertz CT molecular complexity index is 688. The van der Waals surface area contributed by atoms with Crippen LogP contribution in [0.2, 0.25) is 0 Å². The highest BCUT2D eigenvalue weighted by Crippen LogP contribution is 2.03. The van der Waals surface area contributed by atoms with Crippen molar-refractivity contribution in [3.8, 4) is 12.1 Å². The Morgan fingerprint density at radius 1 is 1.28 bits per heavy atom. The number of nitrogens with two attached hydrogens (primary N) is 2. The maximum atomic E-state index is 10.3. The lowest BCUT2D eigenvalue weighted by Gasteiger charge is -1.98. The number of ketones is 1. The van der Waals surface area contributed by atoms with Gasteiger partial charge < -0.3 is 16.8 Å². The normalized spacial score (nSPS) is 7.76. The molecule has 0 amide bonds. The highest BCUT2D eigenvalue weighted by atomic mass is 127. The van der Waals surface area contributed by atoms with Crippen LogP contribution < -0.4 is 16.8 Å². The molecule has 0 radical (unpaired) electrons. The molecule has 0 bridgehead atoms. The smallest absolute Gasteiger partial charge is 0.222 e. The van der Waals surface area contributed by atoms with Gasteiger partial charge in [0.15, 0.2) is 11.7 Å². The standard InChI is InChI=1S/C7H8N4.C6H7NO.C2H7N3.2CH3I.CH4/c1-5-6(3-8)4-10-7(9-2)11-5;1-3-6(4-7)5(2)8;1-5-2(3)4;2*1-2;/h4H,1-2H3,(H,9,10,11);3H,1-2H3;1H3,(H4,3,4,5);2*1H3;1H4/b;6-3+;;;;. The van der Waals surface area contributed by atoms with Gasteiger partial charge in [0, 0.05) is 14.1 Å². The number of guanidine groups is 1. The lowest BCUT2D eigenvalue weighted by molar-refractivity contribution is -0.113. The Kier molecular flexibility index (Phi) is 36.7. The Morgan fingerprint density at radius 2 is 1.72 bits per heavy atom. The minimum absolute atomic E-state index is 0. The topological polar surface area (TPSA) is 167 Å². The molecule has 0 saturated heterocycles. The van der Waals surface area contributed by atoms with Crippen molar-refractivity contribution in [2.45, 2.75) is 28.2 Å². The van der Waals surface area contributed by atoms with E-state index in [1.807, 2.05) is 15.9 Å². The Balaban J connectivity index is -0.0000000948. The third-order valence-electron chi connectivity index (χ3n) is 2.37. The third kappa shape index (κ3) is 24.0. The van der Waals surface area contributed by atoms with E-state index in [1.165, 1.54) is 26.2 Å². The van der Waals surface area contributed by atoms with Crippen molar-refractivity contribution < 1.29 is 4.79 Å². The van der Waals surface area contributed by atoms with E-state index in [0.717, 1.165) is 0 Å². The predicted octanol–water partition coefficient (Wildman–Crippen LogP) is 3.37. The van der Waals surface area contributed by atoms with Crippen molar-refractivity contribution >= 4 is 62.9 Å².